The number of Topliss-reactive ketones (excluding diaryl/α,β-unsaturated/α-hetero) is 1. The zero-order valence-corrected chi connectivity index (χ0v) is 13.7. The summed E-state index contributed by atoms with van der Waals surface area (Å²) in [6, 6.07) is 6.70. The summed E-state index contributed by atoms with van der Waals surface area (Å²) in [7, 11) is 0. The van der Waals surface area contributed by atoms with Crippen molar-refractivity contribution in [3.8, 4) is 5.75 Å². The van der Waals surface area contributed by atoms with Crippen LogP contribution in [0, 0.1) is 0 Å². The second-order valence-electron chi connectivity index (χ2n) is 4.94. The molecule has 0 aliphatic rings. The Morgan fingerprint density at radius 3 is 2.91 bits per heavy atom. The lowest BCUT2D eigenvalue weighted by Gasteiger charge is -2.14. The first-order valence-corrected chi connectivity index (χ1v) is 7.95. The topological polar surface area (TPSA) is 88.5 Å². The van der Waals surface area contributed by atoms with Gasteiger partial charge in [-0.25, -0.2) is 4.98 Å². The summed E-state index contributed by atoms with van der Waals surface area (Å²) in [5.74, 6) is 0.0651. The Morgan fingerprint density at radius 2 is 2.22 bits per heavy atom. The number of hydrogen-bond acceptors (Lipinski definition) is 6. The predicted molar refractivity (Wildman–Crippen MR) is 88.1 cm³/mol. The summed E-state index contributed by atoms with van der Waals surface area (Å²) in [4.78, 5) is 28.4. The summed E-state index contributed by atoms with van der Waals surface area (Å²) < 4.78 is 5.57. The van der Waals surface area contributed by atoms with Gasteiger partial charge in [0.25, 0.3) is 5.91 Å². The fourth-order valence-electron chi connectivity index (χ4n) is 1.84. The number of carbonyl (C=O) groups excluding carboxylic acids is 2. The Kier molecular flexibility index (Phi) is 5.84. The molecule has 0 bridgehead atoms. The highest BCUT2D eigenvalue weighted by Gasteiger charge is 2.17. The Hall–Kier alpha value is -2.25. The van der Waals surface area contributed by atoms with Crippen molar-refractivity contribution in [2.24, 2.45) is 0 Å². The van der Waals surface area contributed by atoms with Crippen LogP contribution in [0.1, 0.15) is 29.1 Å². The number of nitrogens with one attached hydrogen (secondary N) is 1. The van der Waals surface area contributed by atoms with Crippen LogP contribution in [0.2, 0.25) is 0 Å². The first kappa shape index (κ1) is 17.1. The third kappa shape index (κ3) is 4.87. The molecule has 0 fully saturated rings. The summed E-state index contributed by atoms with van der Waals surface area (Å²) >= 11 is 1.31. The van der Waals surface area contributed by atoms with Crippen molar-refractivity contribution in [1.82, 2.24) is 4.98 Å². The van der Waals surface area contributed by atoms with E-state index in [1.54, 1.807) is 37.4 Å². The number of ether oxygens (including phenoxy) is 1. The van der Waals surface area contributed by atoms with E-state index in [4.69, 9.17) is 9.84 Å². The maximum absolute atomic E-state index is 12.1. The summed E-state index contributed by atoms with van der Waals surface area (Å²) in [5, 5.41) is 12.0. The Labute approximate surface area is 138 Å². The van der Waals surface area contributed by atoms with E-state index in [0.29, 0.717) is 22.9 Å². The molecular formula is C16H18N2O4S. The molecule has 122 valence electrons. The number of hydrogen-bond donors (Lipinski definition) is 2. The molecule has 0 saturated heterocycles. The maximum atomic E-state index is 12.1. The molecular weight excluding hydrogens is 316 g/mol. The SMILES string of the molecule is CC(=O)c1cccc(OC(C)C(=O)Nc2ncc(CCO)s2)c1. The van der Waals surface area contributed by atoms with Crippen molar-refractivity contribution in [3.63, 3.8) is 0 Å². The van der Waals surface area contributed by atoms with E-state index in [9.17, 15) is 9.59 Å². The van der Waals surface area contributed by atoms with Crippen LogP contribution in [0.25, 0.3) is 0 Å². The number of aliphatic hydroxyl groups is 1. The van der Waals surface area contributed by atoms with E-state index < -0.39 is 6.10 Å². The highest BCUT2D eigenvalue weighted by atomic mass is 32.1. The Morgan fingerprint density at radius 1 is 1.43 bits per heavy atom. The van der Waals surface area contributed by atoms with Crippen molar-refractivity contribution in [3.05, 3.63) is 40.9 Å². The summed E-state index contributed by atoms with van der Waals surface area (Å²) in [6.07, 6.45) is 1.40. The van der Waals surface area contributed by atoms with E-state index >= 15 is 0 Å². The van der Waals surface area contributed by atoms with Gasteiger partial charge >= 0.3 is 0 Å². The van der Waals surface area contributed by atoms with E-state index in [-0.39, 0.29) is 18.3 Å². The van der Waals surface area contributed by atoms with Gasteiger partial charge in [-0.3, -0.25) is 14.9 Å². The number of ketones is 1. The van der Waals surface area contributed by atoms with E-state index in [1.807, 2.05) is 0 Å². The van der Waals surface area contributed by atoms with Crippen LogP contribution in [-0.4, -0.2) is 34.5 Å². The number of carbonyl (C=O) groups is 2. The number of anilines is 1. The fourth-order valence-corrected chi connectivity index (χ4v) is 2.65. The molecule has 6 nitrogen and oxygen atoms in total. The normalized spacial score (nSPS) is 11.8. The molecule has 0 aliphatic heterocycles. The lowest BCUT2D eigenvalue weighted by Crippen LogP contribution is -2.30. The zero-order chi connectivity index (χ0) is 16.8. The van der Waals surface area contributed by atoms with Gasteiger partial charge in [0.05, 0.1) is 0 Å². The van der Waals surface area contributed by atoms with E-state index in [2.05, 4.69) is 10.3 Å². The summed E-state index contributed by atoms with van der Waals surface area (Å²) in [6.45, 7) is 3.14. The maximum Gasteiger partial charge on any atom is 0.266 e. The molecule has 1 atom stereocenters. The van der Waals surface area contributed by atoms with Crippen LogP contribution in [0.4, 0.5) is 5.13 Å². The van der Waals surface area contributed by atoms with Crippen LogP contribution < -0.4 is 10.1 Å². The second kappa shape index (κ2) is 7.85. The van der Waals surface area contributed by atoms with Crippen LogP contribution in [0.5, 0.6) is 5.75 Å². The highest BCUT2D eigenvalue weighted by molar-refractivity contribution is 7.15. The molecule has 1 unspecified atom stereocenters. The Bertz CT molecular complexity index is 699. The largest absolute Gasteiger partial charge is 0.481 e. The fraction of sp³-hybridized carbons (Fsp3) is 0.312. The van der Waals surface area contributed by atoms with Crippen LogP contribution in [0.3, 0.4) is 0 Å². The molecule has 2 N–H and O–H groups in total. The first-order valence-electron chi connectivity index (χ1n) is 7.13. The number of thiazole rings is 1. The quantitative estimate of drug-likeness (QED) is 0.759. The van der Waals surface area contributed by atoms with Crippen molar-refractivity contribution >= 4 is 28.2 Å². The molecule has 0 radical (unpaired) electrons. The standard InChI is InChI=1S/C16H18N2O4S/c1-10(20)12-4-3-5-13(8-12)22-11(2)15(21)18-16-17-9-14(23-16)6-7-19/h3-5,8-9,11,19H,6-7H2,1-2H3,(H,17,18,21). The Balaban J connectivity index is 1.96. The minimum Gasteiger partial charge on any atom is -0.481 e. The number of aromatic nitrogens is 1. The number of aliphatic hydroxyl groups excluding tert-OH is 1. The molecule has 1 heterocycles. The molecule has 1 amide bonds. The van der Waals surface area contributed by atoms with Gasteiger partial charge in [0.15, 0.2) is 17.0 Å². The molecule has 23 heavy (non-hydrogen) atoms. The van der Waals surface area contributed by atoms with Gasteiger partial charge in [0, 0.05) is 29.7 Å². The number of nitrogens with zero attached hydrogens (tertiary/aromatic N) is 1. The van der Waals surface area contributed by atoms with Crippen LogP contribution in [-0.2, 0) is 11.2 Å². The van der Waals surface area contributed by atoms with Crippen molar-refractivity contribution in [1.29, 1.82) is 0 Å². The minimum atomic E-state index is -0.734. The van der Waals surface area contributed by atoms with Gasteiger partial charge < -0.3 is 9.84 Å². The van der Waals surface area contributed by atoms with E-state index in [1.165, 1.54) is 18.3 Å². The molecule has 0 spiro atoms. The van der Waals surface area contributed by atoms with Gasteiger partial charge in [-0.15, -0.1) is 11.3 Å². The second-order valence-corrected chi connectivity index (χ2v) is 6.05. The number of rotatable bonds is 7. The van der Waals surface area contributed by atoms with E-state index in [0.717, 1.165) is 4.88 Å². The smallest absolute Gasteiger partial charge is 0.266 e. The third-order valence-corrected chi connectivity index (χ3v) is 4.04. The van der Waals surface area contributed by atoms with Gasteiger partial charge in [0.1, 0.15) is 5.75 Å². The first-order chi connectivity index (χ1) is 11.0. The molecule has 0 saturated carbocycles. The van der Waals surface area contributed by atoms with Crippen LogP contribution in [0.15, 0.2) is 30.5 Å². The number of benzene rings is 1. The minimum absolute atomic E-state index is 0.0432. The molecule has 0 aliphatic carbocycles. The zero-order valence-electron chi connectivity index (χ0n) is 12.9. The summed E-state index contributed by atoms with van der Waals surface area (Å²) in [5.41, 5.74) is 0.531. The van der Waals surface area contributed by atoms with Crippen LogP contribution >= 0.6 is 11.3 Å². The molecule has 2 rings (SSSR count). The monoisotopic (exact) mass is 334 g/mol. The van der Waals surface area contributed by atoms with Crippen molar-refractivity contribution in [2.45, 2.75) is 26.4 Å². The average Bonchev–Trinajstić information content (AvgIpc) is 2.95. The number of amides is 1. The van der Waals surface area contributed by atoms with Gasteiger partial charge in [-0.05, 0) is 26.0 Å². The van der Waals surface area contributed by atoms with Crippen molar-refractivity contribution < 1.29 is 19.4 Å². The molecule has 2 aromatic rings. The molecule has 7 heteroatoms. The van der Waals surface area contributed by atoms with Gasteiger partial charge in [-0.1, -0.05) is 12.1 Å². The lowest BCUT2D eigenvalue weighted by atomic mass is 10.1. The van der Waals surface area contributed by atoms with Crippen molar-refractivity contribution in [2.75, 3.05) is 11.9 Å². The lowest BCUT2D eigenvalue weighted by molar-refractivity contribution is -0.122. The average molecular weight is 334 g/mol. The third-order valence-electron chi connectivity index (χ3n) is 3.06. The van der Waals surface area contributed by atoms with Gasteiger partial charge in [-0.2, -0.15) is 0 Å². The molecule has 1 aromatic heterocycles. The predicted octanol–water partition coefficient (Wildman–Crippen LogP) is 2.29. The van der Waals surface area contributed by atoms with Gasteiger partial charge in [0.2, 0.25) is 0 Å². The highest BCUT2D eigenvalue weighted by Crippen LogP contribution is 2.20. The molecule has 1 aromatic carbocycles.